The Labute approximate surface area is 181 Å². The molecule has 0 spiro atoms. The van der Waals surface area contributed by atoms with E-state index >= 15 is 0 Å². The summed E-state index contributed by atoms with van der Waals surface area (Å²) in [6, 6.07) is 12.3. The van der Waals surface area contributed by atoms with E-state index in [0.717, 1.165) is 50.3 Å². The molecule has 0 amide bonds. The molecule has 4 nitrogen and oxygen atoms in total. The Hall–Kier alpha value is -1.93. The molecule has 0 aliphatic carbocycles. The summed E-state index contributed by atoms with van der Waals surface area (Å²) >= 11 is 0. The van der Waals surface area contributed by atoms with Gasteiger partial charge in [-0.25, -0.2) is 0 Å². The molecule has 2 heterocycles. The van der Waals surface area contributed by atoms with Crippen LogP contribution in [0.25, 0.3) is 11.1 Å². The van der Waals surface area contributed by atoms with E-state index in [1.165, 1.54) is 6.07 Å². The topological polar surface area (TPSA) is 24.9 Å². The Bertz CT molecular complexity index is 856. The zero-order valence-corrected chi connectivity index (χ0v) is 17.8. The first-order valence-corrected chi connectivity index (χ1v) is 10.8. The Morgan fingerprint density at radius 3 is 2.35 bits per heavy atom. The zero-order valence-electron chi connectivity index (χ0n) is 17.8. The molecule has 1 atom stereocenters. The molecule has 2 aromatic carbocycles. The molecule has 2 saturated heterocycles. The smallest absolute Gasteiger partial charge is 0.379 e. The summed E-state index contributed by atoms with van der Waals surface area (Å²) in [6.45, 7) is 5.48. The summed E-state index contributed by atoms with van der Waals surface area (Å²) < 4.78 is 52.6. The van der Waals surface area contributed by atoms with E-state index in [-0.39, 0.29) is 6.10 Å². The summed E-state index contributed by atoms with van der Waals surface area (Å²) in [7, 11) is 2.04. The summed E-state index contributed by atoms with van der Waals surface area (Å²) in [5, 5.41) is 0. The molecule has 7 heteroatoms. The summed E-state index contributed by atoms with van der Waals surface area (Å²) in [4.78, 5) is 4.29. The van der Waals surface area contributed by atoms with Crippen LogP contribution in [-0.4, -0.2) is 62.3 Å². The van der Waals surface area contributed by atoms with Crippen molar-refractivity contribution >= 4 is 0 Å². The van der Waals surface area contributed by atoms with Gasteiger partial charge in [0.2, 0.25) is 0 Å². The number of hydrogen-bond acceptors (Lipinski definition) is 4. The van der Waals surface area contributed by atoms with Gasteiger partial charge in [-0.05, 0) is 41.8 Å². The van der Waals surface area contributed by atoms with Crippen molar-refractivity contribution in [3.05, 3.63) is 59.2 Å². The fourth-order valence-electron chi connectivity index (χ4n) is 4.06. The second-order valence-electron chi connectivity index (χ2n) is 8.44. The molecule has 4 rings (SSSR count). The fourth-order valence-corrected chi connectivity index (χ4v) is 4.06. The van der Waals surface area contributed by atoms with Gasteiger partial charge in [0.05, 0.1) is 24.9 Å². The van der Waals surface area contributed by atoms with Crippen molar-refractivity contribution in [3.8, 4) is 11.1 Å². The van der Waals surface area contributed by atoms with Crippen molar-refractivity contribution in [2.24, 2.45) is 0 Å². The number of halogens is 3. The van der Waals surface area contributed by atoms with Gasteiger partial charge in [0, 0.05) is 39.3 Å². The molecule has 0 unspecified atom stereocenters. The quantitative estimate of drug-likeness (QED) is 0.672. The molecule has 2 aliphatic rings. The molecular weight excluding hydrogens is 405 g/mol. The largest absolute Gasteiger partial charge is 0.416 e. The van der Waals surface area contributed by atoms with Crippen LogP contribution in [0.1, 0.15) is 23.1 Å². The summed E-state index contributed by atoms with van der Waals surface area (Å²) in [6.07, 6.45) is -3.35. The second kappa shape index (κ2) is 9.69. The van der Waals surface area contributed by atoms with Crippen LogP contribution in [0.4, 0.5) is 13.2 Å². The van der Waals surface area contributed by atoms with Crippen molar-refractivity contribution in [1.29, 1.82) is 0 Å². The van der Waals surface area contributed by atoms with Gasteiger partial charge >= 0.3 is 6.18 Å². The van der Waals surface area contributed by atoms with E-state index in [9.17, 15) is 13.2 Å². The van der Waals surface area contributed by atoms with Crippen LogP contribution in [0.2, 0.25) is 0 Å². The van der Waals surface area contributed by atoms with Crippen molar-refractivity contribution in [2.45, 2.75) is 31.9 Å². The first kappa shape index (κ1) is 22.3. The second-order valence-corrected chi connectivity index (χ2v) is 8.44. The number of benzene rings is 2. The number of nitrogens with zero attached hydrogens (tertiary/aromatic N) is 2. The van der Waals surface area contributed by atoms with Gasteiger partial charge in [-0.3, -0.25) is 4.90 Å². The predicted octanol–water partition coefficient (Wildman–Crippen LogP) is 4.43. The van der Waals surface area contributed by atoms with Crippen LogP contribution in [-0.2, 0) is 28.8 Å². The van der Waals surface area contributed by atoms with Crippen LogP contribution < -0.4 is 0 Å². The Balaban J connectivity index is 1.47. The van der Waals surface area contributed by atoms with Crippen LogP contribution in [0.3, 0.4) is 0 Å². The third-order valence-corrected chi connectivity index (χ3v) is 6.07. The highest BCUT2D eigenvalue weighted by Crippen LogP contribution is 2.36. The van der Waals surface area contributed by atoms with Gasteiger partial charge in [-0.2, -0.15) is 13.2 Å². The van der Waals surface area contributed by atoms with Crippen LogP contribution in [0, 0.1) is 0 Å². The maximum Gasteiger partial charge on any atom is 0.416 e. The fraction of sp³-hybridized carbons (Fsp3) is 0.500. The van der Waals surface area contributed by atoms with Crippen LogP contribution in [0.5, 0.6) is 0 Å². The summed E-state index contributed by atoms with van der Waals surface area (Å²) in [5.41, 5.74) is 2.14. The Kier molecular flexibility index (Phi) is 6.96. The summed E-state index contributed by atoms with van der Waals surface area (Å²) in [5.74, 6) is 0. The van der Waals surface area contributed by atoms with Crippen molar-refractivity contribution in [2.75, 3.05) is 46.4 Å². The van der Waals surface area contributed by atoms with Crippen molar-refractivity contribution in [1.82, 2.24) is 9.80 Å². The van der Waals surface area contributed by atoms with Gasteiger partial charge in [-0.15, -0.1) is 0 Å². The van der Waals surface area contributed by atoms with Gasteiger partial charge in [-0.1, -0.05) is 36.4 Å². The minimum Gasteiger partial charge on any atom is -0.379 e. The first-order valence-electron chi connectivity index (χ1n) is 10.8. The monoisotopic (exact) mass is 434 g/mol. The minimum atomic E-state index is -4.38. The number of alkyl halides is 3. The highest BCUT2D eigenvalue weighted by molar-refractivity contribution is 5.65. The zero-order chi connectivity index (χ0) is 21.8. The molecule has 0 N–H and O–H groups in total. The average molecular weight is 435 g/mol. The number of likely N-dealkylation sites (N-methyl/N-ethyl adjacent to an activating group) is 1. The number of rotatable bonds is 6. The standard InChI is InChI=1S/C24H29F3N2O2/c1-28-9-11-29(12-10-28)15-21-7-6-20(14-23(21)24(25,26)27)19-4-2-18(3-5-19)16-31-22-8-13-30-17-22/h2-7,14,22H,8-13,15-17H2,1H3/t22-/m1/s1. The predicted molar refractivity (Wildman–Crippen MR) is 114 cm³/mol. The molecular formula is C24H29F3N2O2. The van der Waals surface area contributed by atoms with E-state index < -0.39 is 11.7 Å². The van der Waals surface area contributed by atoms with E-state index in [2.05, 4.69) is 9.80 Å². The van der Waals surface area contributed by atoms with Gasteiger partial charge in [0.25, 0.3) is 0 Å². The molecule has 0 radical (unpaired) electrons. The molecule has 2 fully saturated rings. The SMILES string of the molecule is CN1CCN(Cc2ccc(-c3ccc(CO[C@@H]4CCOC4)cc3)cc2C(F)(F)F)CC1. The van der Waals surface area contributed by atoms with Crippen molar-refractivity contribution in [3.63, 3.8) is 0 Å². The lowest BCUT2D eigenvalue weighted by molar-refractivity contribution is -0.138. The van der Waals surface area contributed by atoms with E-state index in [0.29, 0.717) is 30.9 Å². The molecule has 2 aliphatic heterocycles. The van der Waals surface area contributed by atoms with Gasteiger partial charge < -0.3 is 14.4 Å². The van der Waals surface area contributed by atoms with E-state index in [1.807, 2.05) is 31.3 Å². The highest BCUT2D eigenvalue weighted by Gasteiger charge is 2.34. The molecule has 0 saturated carbocycles. The third kappa shape index (κ3) is 5.86. The van der Waals surface area contributed by atoms with E-state index in [4.69, 9.17) is 9.47 Å². The van der Waals surface area contributed by atoms with Crippen LogP contribution in [0.15, 0.2) is 42.5 Å². The lowest BCUT2D eigenvalue weighted by Gasteiger charge is -2.33. The molecule has 0 bridgehead atoms. The maximum absolute atomic E-state index is 13.8. The highest BCUT2D eigenvalue weighted by atomic mass is 19.4. The molecule has 168 valence electrons. The Morgan fingerprint density at radius 1 is 1.00 bits per heavy atom. The molecule has 31 heavy (non-hydrogen) atoms. The number of ether oxygens (including phenoxy) is 2. The Morgan fingerprint density at radius 2 is 1.71 bits per heavy atom. The van der Waals surface area contributed by atoms with Crippen molar-refractivity contribution < 1.29 is 22.6 Å². The van der Waals surface area contributed by atoms with E-state index in [1.54, 1.807) is 12.1 Å². The third-order valence-electron chi connectivity index (χ3n) is 6.07. The minimum absolute atomic E-state index is 0.127. The number of hydrogen-bond donors (Lipinski definition) is 0. The molecule has 0 aromatic heterocycles. The normalized spacial score (nSPS) is 21.0. The maximum atomic E-state index is 13.8. The van der Waals surface area contributed by atoms with Gasteiger partial charge in [0.15, 0.2) is 0 Å². The van der Waals surface area contributed by atoms with Crippen LogP contribution >= 0.6 is 0 Å². The first-order chi connectivity index (χ1) is 14.9. The lowest BCUT2D eigenvalue weighted by atomic mass is 9.97. The average Bonchev–Trinajstić information content (AvgIpc) is 3.28. The molecule has 2 aromatic rings. The number of piperazine rings is 1. The lowest BCUT2D eigenvalue weighted by Crippen LogP contribution is -2.44. The van der Waals surface area contributed by atoms with Gasteiger partial charge in [0.1, 0.15) is 0 Å².